The zero-order valence-corrected chi connectivity index (χ0v) is 14.5. The first-order valence-corrected chi connectivity index (χ1v) is 8.59. The molecule has 0 unspecified atom stereocenters. The molecule has 0 aliphatic heterocycles. The predicted molar refractivity (Wildman–Crippen MR) is 83.6 cm³/mol. The SMILES string of the molecule is CCOC(=O)c1cc(Br)cc(S(=O)(=O)NCC(C)(C)N)c1. The minimum Gasteiger partial charge on any atom is -0.462 e. The molecule has 21 heavy (non-hydrogen) atoms. The zero-order chi connectivity index (χ0) is 16.3. The normalized spacial score (nSPS) is 12.2. The van der Waals surface area contributed by atoms with Crippen molar-refractivity contribution in [2.75, 3.05) is 13.2 Å². The summed E-state index contributed by atoms with van der Waals surface area (Å²) >= 11 is 3.19. The Bertz CT molecular complexity index is 624. The second-order valence-electron chi connectivity index (χ2n) is 5.21. The third-order valence-corrected chi connectivity index (χ3v) is 4.25. The molecule has 0 aliphatic carbocycles. The topological polar surface area (TPSA) is 98.5 Å². The lowest BCUT2D eigenvalue weighted by Crippen LogP contribution is -2.45. The number of rotatable bonds is 6. The Kier molecular flexibility index (Phi) is 5.92. The van der Waals surface area contributed by atoms with E-state index in [2.05, 4.69) is 20.7 Å². The number of hydrogen-bond donors (Lipinski definition) is 2. The van der Waals surface area contributed by atoms with E-state index in [1.165, 1.54) is 18.2 Å². The lowest BCUT2D eigenvalue weighted by molar-refractivity contribution is 0.0526. The quantitative estimate of drug-likeness (QED) is 0.733. The molecule has 0 bridgehead atoms. The first-order valence-electron chi connectivity index (χ1n) is 6.31. The Labute approximate surface area is 133 Å². The van der Waals surface area contributed by atoms with Crippen molar-refractivity contribution in [2.24, 2.45) is 5.73 Å². The van der Waals surface area contributed by atoms with Gasteiger partial charge in [-0.3, -0.25) is 0 Å². The Hall–Kier alpha value is -0.960. The molecule has 1 rings (SSSR count). The average molecular weight is 379 g/mol. The fourth-order valence-electron chi connectivity index (χ4n) is 1.41. The number of carbonyl (C=O) groups is 1. The molecule has 0 saturated heterocycles. The molecule has 0 fully saturated rings. The van der Waals surface area contributed by atoms with Crippen molar-refractivity contribution in [2.45, 2.75) is 31.2 Å². The number of nitrogens with two attached hydrogens (primary N) is 1. The van der Waals surface area contributed by atoms with E-state index in [1.807, 2.05) is 0 Å². The van der Waals surface area contributed by atoms with Gasteiger partial charge in [0.15, 0.2) is 0 Å². The number of esters is 1. The first-order chi connectivity index (χ1) is 9.55. The number of ether oxygens (including phenoxy) is 1. The van der Waals surface area contributed by atoms with Crippen LogP contribution >= 0.6 is 15.9 Å². The number of nitrogens with one attached hydrogen (secondary N) is 1. The van der Waals surface area contributed by atoms with E-state index in [9.17, 15) is 13.2 Å². The Balaban J connectivity index is 3.10. The average Bonchev–Trinajstić information content (AvgIpc) is 2.35. The molecule has 0 atom stereocenters. The van der Waals surface area contributed by atoms with Crippen LogP contribution in [0, 0.1) is 0 Å². The summed E-state index contributed by atoms with van der Waals surface area (Å²) in [7, 11) is -3.75. The molecule has 8 heteroatoms. The smallest absolute Gasteiger partial charge is 0.338 e. The van der Waals surface area contributed by atoms with Crippen LogP contribution < -0.4 is 10.5 Å². The Morgan fingerprint density at radius 1 is 1.38 bits per heavy atom. The van der Waals surface area contributed by atoms with E-state index in [4.69, 9.17) is 10.5 Å². The number of sulfonamides is 1. The van der Waals surface area contributed by atoms with E-state index < -0.39 is 21.5 Å². The summed E-state index contributed by atoms with van der Waals surface area (Å²) in [5.41, 5.74) is 5.25. The van der Waals surface area contributed by atoms with Gasteiger partial charge in [0, 0.05) is 16.6 Å². The van der Waals surface area contributed by atoms with E-state index in [0.717, 1.165) is 0 Å². The van der Waals surface area contributed by atoms with Crippen molar-refractivity contribution < 1.29 is 17.9 Å². The van der Waals surface area contributed by atoms with Gasteiger partial charge >= 0.3 is 5.97 Å². The van der Waals surface area contributed by atoms with Gasteiger partial charge in [0.05, 0.1) is 17.1 Å². The Morgan fingerprint density at radius 3 is 2.52 bits per heavy atom. The fraction of sp³-hybridized carbons (Fsp3) is 0.462. The number of carbonyl (C=O) groups excluding carboxylic acids is 1. The van der Waals surface area contributed by atoms with Crippen molar-refractivity contribution in [1.82, 2.24) is 4.72 Å². The summed E-state index contributed by atoms with van der Waals surface area (Å²) in [6, 6.07) is 4.19. The van der Waals surface area contributed by atoms with E-state index in [1.54, 1.807) is 20.8 Å². The second-order valence-corrected chi connectivity index (χ2v) is 7.89. The summed E-state index contributed by atoms with van der Waals surface area (Å²) in [6.07, 6.45) is 0. The van der Waals surface area contributed by atoms with Gasteiger partial charge < -0.3 is 10.5 Å². The lowest BCUT2D eigenvalue weighted by atomic mass is 10.1. The first kappa shape index (κ1) is 18.1. The molecule has 3 N–H and O–H groups in total. The van der Waals surface area contributed by atoms with Gasteiger partial charge in [0.25, 0.3) is 0 Å². The van der Waals surface area contributed by atoms with Crippen LogP contribution in [0.4, 0.5) is 0 Å². The second kappa shape index (κ2) is 6.87. The minimum atomic E-state index is -3.75. The highest BCUT2D eigenvalue weighted by Gasteiger charge is 2.21. The number of halogens is 1. The van der Waals surface area contributed by atoms with Crippen molar-refractivity contribution in [1.29, 1.82) is 0 Å². The molecular formula is C13H19BrN2O4S. The van der Waals surface area contributed by atoms with Crippen molar-refractivity contribution in [3.8, 4) is 0 Å². The van der Waals surface area contributed by atoms with Crippen LogP contribution in [0.5, 0.6) is 0 Å². The highest BCUT2D eigenvalue weighted by atomic mass is 79.9. The van der Waals surface area contributed by atoms with Crippen molar-refractivity contribution in [3.63, 3.8) is 0 Å². The highest BCUT2D eigenvalue weighted by Crippen LogP contribution is 2.20. The number of benzene rings is 1. The number of hydrogen-bond acceptors (Lipinski definition) is 5. The molecule has 0 heterocycles. The lowest BCUT2D eigenvalue weighted by Gasteiger charge is -2.19. The summed E-state index contributed by atoms with van der Waals surface area (Å²) in [6.45, 7) is 5.39. The molecular weight excluding hydrogens is 360 g/mol. The monoisotopic (exact) mass is 378 g/mol. The van der Waals surface area contributed by atoms with Crippen LogP contribution in [0.2, 0.25) is 0 Å². The van der Waals surface area contributed by atoms with Crippen LogP contribution in [0.15, 0.2) is 27.6 Å². The van der Waals surface area contributed by atoms with Gasteiger partial charge in [0.1, 0.15) is 0 Å². The van der Waals surface area contributed by atoms with Crippen LogP contribution in [-0.4, -0.2) is 33.1 Å². The predicted octanol–water partition coefficient (Wildman–Crippen LogP) is 1.64. The van der Waals surface area contributed by atoms with Crippen molar-refractivity contribution >= 4 is 31.9 Å². The van der Waals surface area contributed by atoms with E-state index in [0.29, 0.717) is 4.47 Å². The molecule has 1 aromatic rings. The maximum atomic E-state index is 12.2. The zero-order valence-electron chi connectivity index (χ0n) is 12.1. The molecule has 0 radical (unpaired) electrons. The molecule has 6 nitrogen and oxygen atoms in total. The van der Waals surface area contributed by atoms with E-state index in [-0.39, 0.29) is 23.6 Å². The molecule has 118 valence electrons. The van der Waals surface area contributed by atoms with Gasteiger partial charge in [0.2, 0.25) is 10.0 Å². The van der Waals surface area contributed by atoms with Crippen LogP contribution in [0.25, 0.3) is 0 Å². The van der Waals surface area contributed by atoms with Gasteiger partial charge in [-0.2, -0.15) is 0 Å². The van der Waals surface area contributed by atoms with Gasteiger partial charge in [-0.05, 0) is 39.0 Å². The van der Waals surface area contributed by atoms with Gasteiger partial charge in [-0.15, -0.1) is 0 Å². The van der Waals surface area contributed by atoms with Crippen LogP contribution in [0.3, 0.4) is 0 Å². The van der Waals surface area contributed by atoms with E-state index >= 15 is 0 Å². The summed E-state index contributed by atoms with van der Waals surface area (Å²) in [5, 5.41) is 0. The third kappa shape index (κ3) is 5.74. The standard InChI is InChI=1S/C13H19BrN2O4S/c1-4-20-12(17)9-5-10(14)7-11(6-9)21(18,19)16-8-13(2,3)15/h5-7,16H,4,8,15H2,1-3H3. The highest BCUT2D eigenvalue weighted by molar-refractivity contribution is 9.10. The van der Waals surface area contributed by atoms with Crippen LogP contribution in [-0.2, 0) is 14.8 Å². The molecule has 0 aromatic heterocycles. The van der Waals surface area contributed by atoms with Gasteiger partial charge in [-0.25, -0.2) is 17.9 Å². The van der Waals surface area contributed by atoms with Crippen LogP contribution in [0.1, 0.15) is 31.1 Å². The summed E-state index contributed by atoms with van der Waals surface area (Å²) < 4.78 is 32.2. The van der Waals surface area contributed by atoms with Crippen molar-refractivity contribution in [3.05, 3.63) is 28.2 Å². The van der Waals surface area contributed by atoms with Gasteiger partial charge in [-0.1, -0.05) is 15.9 Å². The summed E-state index contributed by atoms with van der Waals surface area (Å²) in [4.78, 5) is 11.7. The molecule has 0 spiro atoms. The largest absolute Gasteiger partial charge is 0.462 e. The minimum absolute atomic E-state index is 0.0239. The fourth-order valence-corrected chi connectivity index (χ4v) is 3.35. The molecule has 0 aliphatic rings. The maximum absolute atomic E-state index is 12.2. The molecule has 0 saturated carbocycles. The maximum Gasteiger partial charge on any atom is 0.338 e. The molecule has 1 aromatic carbocycles. The summed E-state index contributed by atoms with van der Waals surface area (Å²) in [5.74, 6) is -0.575. The molecule has 0 amide bonds. The Morgan fingerprint density at radius 2 is 2.00 bits per heavy atom. The third-order valence-electron chi connectivity index (χ3n) is 2.41.